The van der Waals surface area contributed by atoms with Crippen molar-refractivity contribution < 1.29 is 23.0 Å². The van der Waals surface area contributed by atoms with Crippen LogP contribution in [0.2, 0.25) is 0 Å². The summed E-state index contributed by atoms with van der Waals surface area (Å²) < 4.78 is 40.8. The average molecular weight is 519 g/mol. The van der Waals surface area contributed by atoms with Gasteiger partial charge in [-0.3, -0.25) is 10.3 Å². The lowest BCUT2D eigenvalue weighted by Crippen LogP contribution is -2.41. The summed E-state index contributed by atoms with van der Waals surface area (Å²) in [6.45, 7) is 7.41. The fourth-order valence-corrected chi connectivity index (χ4v) is 4.66. The largest absolute Gasteiger partial charge is 0.443 e. The van der Waals surface area contributed by atoms with Crippen molar-refractivity contribution in [2.75, 3.05) is 80.8 Å². The van der Waals surface area contributed by atoms with Crippen LogP contribution < -0.4 is 25.9 Å². The molecule has 11 heteroatoms. The third-order valence-corrected chi connectivity index (χ3v) is 6.79. The molecule has 0 saturated carbocycles. The highest BCUT2D eigenvalue weighted by molar-refractivity contribution is 5.90. The SMILES string of the molecule is CCN(CCN(Cc1ccc(N2CCOCC2)cc1)NC)c1c(F)cc(N2C[C@H](CN)OC2=O)cc1F. The van der Waals surface area contributed by atoms with Crippen LogP contribution >= 0.6 is 0 Å². The van der Waals surface area contributed by atoms with Crippen molar-refractivity contribution in [3.05, 3.63) is 53.6 Å². The van der Waals surface area contributed by atoms with Crippen LogP contribution in [0.25, 0.3) is 0 Å². The number of rotatable bonds is 11. The number of amides is 1. The van der Waals surface area contributed by atoms with Gasteiger partial charge in [-0.15, -0.1) is 0 Å². The summed E-state index contributed by atoms with van der Waals surface area (Å²) in [5.41, 5.74) is 11.0. The van der Waals surface area contributed by atoms with Gasteiger partial charge in [0, 0.05) is 63.6 Å². The van der Waals surface area contributed by atoms with Crippen molar-refractivity contribution >= 4 is 23.2 Å². The lowest BCUT2D eigenvalue weighted by atomic mass is 10.2. The number of nitrogens with zero attached hydrogens (tertiary/aromatic N) is 4. The number of carbonyl (C=O) groups excluding carboxylic acids is 1. The number of hydrazine groups is 1. The summed E-state index contributed by atoms with van der Waals surface area (Å²) in [6.07, 6.45) is -1.15. The highest BCUT2D eigenvalue weighted by Crippen LogP contribution is 2.31. The number of likely N-dealkylation sites (N-methyl/N-ethyl adjacent to an activating group) is 1. The number of hydrogen-bond donors (Lipinski definition) is 2. The molecule has 9 nitrogen and oxygen atoms in total. The molecule has 2 aromatic rings. The first-order valence-corrected chi connectivity index (χ1v) is 12.7. The quantitative estimate of drug-likeness (QED) is 0.439. The molecule has 2 saturated heterocycles. The third-order valence-electron chi connectivity index (χ3n) is 6.79. The topological polar surface area (TPSA) is 86.5 Å². The molecule has 2 heterocycles. The predicted octanol–water partition coefficient (Wildman–Crippen LogP) is 2.55. The van der Waals surface area contributed by atoms with Gasteiger partial charge in [0.25, 0.3) is 0 Å². The molecule has 0 unspecified atom stereocenters. The lowest BCUT2D eigenvalue weighted by Gasteiger charge is -2.30. The second-order valence-corrected chi connectivity index (χ2v) is 9.10. The molecule has 0 aliphatic carbocycles. The van der Waals surface area contributed by atoms with E-state index in [2.05, 4.69) is 34.6 Å². The normalized spacial score (nSPS) is 18.0. The summed E-state index contributed by atoms with van der Waals surface area (Å²) >= 11 is 0. The van der Waals surface area contributed by atoms with Gasteiger partial charge in [-0.1, -0.05) is 12.1 Å². The molecule has 0 radical (unpaired) electrons. The van der Waals surface area contributed by atoms with Crippen LogP contribution in [0.15, 0.2) is 36.4 Å². The Kier molecular flexibility index (Phi) is 9.14. The Labute approximate surface area is 216 Å². The number of carbonyl (C=O) groups is 1. The Bertz CT molecular complexity index is 1030. The molecule has 2 aromatic carbocycles. The maximum absolute atomic E-state index is 15.1. The summed E-state index contributed by atoms with van der Waals surface area (Å²) in [5.74, 6) is -1.45. The van der Waals surface area contributed by atoms with Crippen molar-refractivity contribution in [2.24, 2.45) is 5.73 Å². The van der Waals surface area contributed by atoms with Gasteiger partial charge >= 0.3 is 6.09 Å². The maximum atomic E-state index is 15.1. The van der Waals surface area contributed by atoms with E-state index < -0.39 is 23.8 Å². The monoisotopic (exact) mass is 518 g/mol. The minimum atomic E-state index is -0.726. The second kappa shape index (κ2) is 12.5. The van der Waals surface area contributed by atoms with Crippen LogP contribution in [-0.4, -0.2) is 83.3 Å². The Balaban J connectivity index is 1.38. The molecule has 2 aliphatic rings. The molecule has 4 rings (SSSR count). The van der Waals surface area contributed by atoms with Crippen molar-refractivity contribution in [1.82, 2.24) is 10.4 Å². The van der Waals surface area contributed by atoms with Gasteiger partial charge < -0.3 is 25.0 Å². The molecule has 1 atom stereocenters. The zero-order chi connectivity index (χ0) is 26.4. The maximum Gasteiger partial charge on any atom is 0.414 e. The van der Waals surface area contributed by atoms with Crippen LogP contribution in [0.3, 0.4) is 0 Å². The van der Waals surface area contributed by atoms with Crippen LogP contribution in [0.4, 0.5) is 30.6 Å². The first-order valence-electron chi connectivity index (χ1n) is 12.7. The highest BCUT2D eigenvalue weighted by Gasteiger charge is 2.33. The van der Waals surface area contributed by atoms with E-state index in [1.807, 2.05) is 19.0 Å². The summed E-state index contributed by atoms with van der Waals surface area (Å²) in [4.78, 5) is 17.2. The van der Waals surface area contributed by atoms with E-state index in [4.69, 9.17) is 15.2 Å². The van der Waals surface area contributed by atoms with E-state index in [9.17, 15) is 4.79 Å². The highest BCUT2D eigenvalue weighted by atomic mass is 19.1. The lowest BCUT2D eigenvalue weighted by molar-refractivity contribution is 0.122. The zero-order valence-electron chi connectivity index (χ0n) is 21.5. The van der Waals surface area contributed by atoms with E-state index in [1.54, 1.807) is 4.90 Å². The van der Waals surface area contributed by atoms with E-state index in [1.165, 1.54) is 22.7 Å². The van der Waals surface area contributed by atoms with Gasteiger partial charge in [0.2, 0.25) is 0 Å². The standard InChI is InChI=1S/C26H36F2N6O3/c1-3-31(25-23(27)14-21(15-24(25)28)34-18-22(16-29)37-26(34)35)8-9-33(30-2)17-19-4-6-20(7-5-19)32-10-12-36-13-11-32/h4-7,14-15,22,30H,3,8-13,16-18,29H2,1-2H3/t22-/m0/s1. The van der Waals surface area contributed by atoms with Gasteiger partial charge in [0.05, 0.1) is 25.4 Å². The number of nitrogens with two attached hydrogens (primary N) is 1. The molecule has 0 bridgehead atoms. The van der Waals surface area contributed by atoms with Gasteiger partial charge in [-0.2, -0.15) is 0 Å². The minimum Gasteiger partial charge on any atom is -0.443 e. The molecule has 0 aromatic heterocycles. The van der Waals surface area contributed by atoms with Gasteiger partial charge in [0.15, 0.2) is 11.6 Å². The van der Waals surface area contributed by atoms with Gasteiger partial charge in [0.1, 0.15) is 11.8 Å². The first kappa shape index (κ1) is 27.1. The Morgan fingerprint density at radius 3 is 2.32 bits per heavy atom. The molecule has 37 heavy (non-hydrogen) atoms. The fourth-order valence-electron chi connectivity index (χ4n) is 4.66. The number of nitrogens with one attached hydrogen (secondary N) is 1. The molecular weight excluding hydrogens is 482 g/mol. The molecule has 2 fully saturated rings. The smallest absolute Gasteiger partial charge is 0.414 e. The number of ether oxygens (including phenoxy) is 2. The molecule has 0 spiro atoms. The van der Waals surface area contributed by atoms with Crippen LogP contribution in [0.1, 0.15) is 12.5 Å². The predicted molar refractivity (Wildman–Crippen MR) is 140 cm³/mol. The van der Waals surface area contributed by atoms with E-state index in [0.717, 1.165) is 31.9 Å². The second-order valence-electron chi connectivity index (χ2n) is 9.10. The van der Waals surface area contributed by atoms with Crippen molar-refractivity contribution in [2.45, 2.75) is 19.6 Å². The summed E-state index contributed by atoms with van der Waals surface area (Å²) in [7, 11) is 1.83. The van der Waals surface area contributed by atoms with E-state index in [-0.39, 0.29) is 24.5 Å². The Hall–Kier alpha value is -2.99. The van der Waals surface area contributed by atoms with Crippen molar-refractivity contribution in [3.63, 3.8) is 0 Å². The number of halogens is 2. The van der Waals surface area contributed by atoms with Crippen molar-refractivity contribution in [1.29, 1.82) is 0 Å². The molecule has 3 N–H and O–H groups in total. The average Bonchev–Trinajstić information content (AvgIpc) is 3.30. The number of benzene rings is 2. The van der Waals surface area contributed by atoms with E-state index in [0.29, 0.717) is 26.2 Å². The van der Waals surface area contributed by atoms with Crippen LogP contribution in [-0.2, 0) is 16.0 Å². The molecule has 2 aliphatic heterocycles. The fraction of sp³-hybridized carbons (Fsp3) is 0.500. The number of morpholine rings is 1. The van der Waals surface area contributed by atoms with Gasteiger partial charge in [-0.25, -0.2) is 18.6 Å². The molecule has 1 amide bonds. The molecular formula is C26H36F2N6O3. The van der Waals surface area contributed by atoms with E-state index >= 15 is 8.78 Å². The Morgan fingerprint density at radius 2 is 1.76 bits per heavy atom. The minimum absolute atomic E-state index is 0.111. The zero-order valence-corrected chi connectivity index (χ0v) is 21.5. The first-order chi connectivity index (χ1) is 17.9. The summed E-state index contributed by atoms with van der Waals surface area (Å²) in [6, 6.07) is 10.8. The number of hydrogen-bond acceptors (Lipinski definition) is 8. The molecule has 202 valence electrons. The number of cyclic esters (lactones) is 1. The summed E-state index contributed by atoms with van der Waals surface area (Å²) in [5, 5.41) is 2.00. The van der Waals surface area contributed by atoms with Gasteiger partial charge in [-0.05, 0) is 31.7 Å². The number of anilines is 3. The Morgan fingerprint density at radius 1 is 1.08 bits per heavy atom. The van der Waals surface area contributed by atoms with Crippen LogP contribution in [0, 0.1) is 11.6 Å². The van der Waals surface area contributed by atoms with Crippen LogP contribution in [0.5, 0.6) is 0 Å². The third kappa shape index (κ3) is 6.48. The van der Waals surface area contributed by atoms with Crippen molar-refractivity contribution in [3.8, 4) is 0 Å².